The van der Waals surface area contributed by atoms with Crippen molar-refractivity contribution < 1.29 is 0 Å². The summed E-state index contributed by atoms with van der Waals surface area (Å²) in [6.07, 6.45) is 5.14. The van der Waals surface area contributed by atoms with Crippen LogP contribution in [0.2, 0.25) is 0 Å². The zero-order valence-corrected chi connectivity index (χ0v) is 8.62. The lowest BCUT2D eigenvalue weighted by molar-refractivity contribution is 0.574. The van der Waals surface area contributed by atoms with E-state index in [0.717, 1.165) is 5.69 Å². The summed E-state index contributed by atoms with van der Waals surface area (Å²) in [6, 6.07) is 1.71. The molecule has 0 saturated carbocycles. The zero-order valence-electron chi connectivity index (χ0n) is 8.62. The zero-order chi connectivity index (χ0) is 10.7. The van der Waals surface area contributed by atoms with Gasteiger partial charge in [-0.25, -0.2) is 9.97 Å². The first-order valence-corrected chi connectivity index (χ1v) is 4.61. The average molecular weight is 204 g/mol. The Hall–Kier alpha value is -1.82. The molecule has 0 aliphatic heterocycles. The van der Waals surface area contributed by atoms with E-state index in [1.54, 1.807) is 29.3 Å². The summed E-state index contributed by atoms with van der Waals surface area (Å²) < 4.78 is 1.71. The van der Waals surface area contributed by atoms with Gasteiger partial charge in [-0.05, 0) is 13.1 Å². The highest BCUT2D eigenvalue weighted by atomic mass is 15.4. The summed E-state index contributed by atoms with van der Waals surface area (Å²) in [6.45, 7) is 0. The van der Waals surface area contributed by atoms with E-state index >= 15 is 0 Å². The van der Waals surface area contributed by atoms with Crippen molar-refractivity contribution in [1.29, 1.82) is 0 Å². The Morgan fingerprint density at radius 1 is 1.33 bits per heavy atom. The summed E-state index contributed by atoms with van der Waals surface area (Å²) in [7, 11) is 3.70. The topological polar surface area (TPSA) is 68.5 Å². The van der Waals surface area contributed by atoms with Gasteiger partial charge in [-0.15, -0.1) is 5.10 Å². The second kappa shape index (κ2) is 4.14. The molecule has 2 heterocycles. The minimum absolute atomic E-state index is 0.0776. The number of rotatable bonds is 3. The Balaban J connectivity index is 2.37. The van der Waals surface area contributed by atoms with Crippen molar-refractivity contribution in [2.24, 2.45) is 7.05 Å². The monoisotopic (exact) mass is 204 g/mol. The molecule has 0 aromatic carbocycles. The van der Waals surface area contributed by atoms with Crippen molar-refractivity contribution in [3.63, 3.8) is 0 Å². The van der Waals surface area contributed by atoms with Gasteiger partial charge in [0.05, 0.1) is 11.9 Å². The van der Waals surface area contributed by atoms with Crippen LogP contribution in [0.25, 0.3) is 0 Å². The molecule has 1 unspecified atom stereocenters. The molecule has 0 bridgehead atoms. The highest BCUT2D eigenvalue weighted by Gasteiger charge is 2.17. The molecule has 6 nitrogen and oxygen atoms in total. The molecular weight excluding hydrogens is 192 g/mol. The van der Waals surface area contributed by atoms with E-state index in [0.29, 0.717) is 5.82 Å². The van der Waals surface area contributed by atoms with Crippen LogP contribution < -0.4 is 5.32 Å². The Bertz CT molecular complexity index is 423. The Labute approximate surface area is 87.4 Å². The van der Waals surface area contributed by atoms with Crippen LogP contribution in [-0.4, -0.2) is 32.0 Å². The number of nitrogens with zero attached hydrogens (tertiary/aromatic N) is 5. The van der Waals surface area contributed by atoms with Gasteiger partial charge in [0.25, 0.3) is 0 Å². The molecule has 0 aliphatic carbocycles. The van der Waals surface area contributed by atoms with Gasteiger partial charge in [0.15, 0.2) is 5.82 Å². The van der Waals surface area contributed by atoms with Crippen LogP contribution in [0.3, 0.4) is 0 Å². The van der Waals surface area contributed by atoms with E-state index in [-0.39, 0.29) is 6.04 Å². The molecule has 0 radical (unpaired) electrons. The van der Waals surface area contributed by atoms with E-state index in [9.17, 15) is 0 Å². The predicted octanol–water partition coefficient (Wildman–Crippen LogP) is -0.0861. The lowest BCUT2D eigenvalue weighted by Gasteiger charge is -2.13. The quantitative estimate of drug-likeness (QED) is 0.757. The Kier molecular flexibility index (Phi) is 2.68. The van der Waals surface area contributed by atoms with Gasteiger partial charge < -0.3 is 5.32 Å². The van der Waals surface area contributed by atoms with E-state index < -0.39 is 0 Å². The normalized spacial score (nSPS) is 12.7. The third-order valence-electron chi connectivity index (χ3n) is 2.18. The molecule has 2 aromatic heterocycles. The molecule has 0 fully saturated rings. The maximum atomic E-state index is 4.20. The molecule has 1 atom stereocenters. The van der Waals surface area contributed by atoms with Crippen LogP contribution in [0.1, 0.15) is 17.6 Å². The van der Waals surface area contributed by atoms with Crippen molar-refractivity contribution in [2.75, 3.05) is 7.05 Å². The van der Waals surface area contributed by atoms with Crippen molar-refractivity contribution >= 4 is 0 Å². The van der Waals surface area contributed by atoms with Crippen LogP contribution in [0, 0.1) is 0 Å². The first-order chi connectivity index (χ1) is 7.33. The van der Waals surface area contributed by atoms with Crippen molar-refractivity contribution in [3.05, 3.63) is 36.2 Å². The minimum atomic E-state index is -0.0776. The Morgan fingerprint density at radius 3 is 2.60 bits per heavy atom. The molecule has 6 heteroatoms. The summed E-state index contributed by atoms with van der Waals surface area (Å²) in [4.78, 5) is 8.41. The molecule has 0 amide bonds. The number of hydrogen-bond acceptors (Lipinski definition) is 5. The van der Waals surface area contributed by atoms with Gasteiger partial charge in [-0.2, -0.15) is 0 Å². The fraction of sp³-hybridized carbons (Fsp3) is 0.333. The van der Waals surface area contributed by atoms with E-state index in [1.807, 2.05) is 14.1 Å². The standard InChI is InChI=1S/C9H12N6/c1-10-8(7-6-13-14-15(7)2)9-11-4-3-5-12-9/h3-6,8,10H,1-2H3. The van der Waals surface area contributed by atoms with Crippen molar-refractivity contribution in [1.82, 2.24) is 30.3 Å². The fourth-order valence-electron chi connectivity index (χ4n) is 1.43. The number of aromatic nitrogens is 5. The van der Waals surface area contributed by atoms with Crippen LogP contribution in [0.4, 0.5) is 0 Å². The largest absolute Gasteiger partial charge is 0.305 e. The highest BCUT2D eigenvalue weighted by molar-refractivity contribution is 5.13. The molecule has 0 spiro atoms. The smallest absolute Gasteiger partial charge is 0.151 e. The summed E-state index contributed by atoms with van der Waals surface area (Å²) >= 11 is 0. The summed E-state index contributed by atoms with van der Waals surface area (Å²) in [5, 5.41) is 10.9. The number of aryl methyl sites for hydroxylation is 1. The molecule has 78 valence electrons. The van der Waals surface area contributed by atoms with Gasteiger partial charge in [0.1, 0.15) is 6.04 Å². The molecule has 1 N–H and O–H groups in total. The van der Waals surface area contributed by atoms with Crippen molar-refractivity contribution in [2.45, 2.75) is 6.04 Å². The fourth-order valence-corrected chi connectivity index (χ4v) is 1.43. The second-order valence-electron chi connectivity index (χ2n) is 3.11. The molecule has 2 rings (SSSR count). The Morgan fingerprint density at radius 2 is 2.07 bits per heavy atom. The SMILES string of the molecule is CNC(c1ncccn1)c1cnnn1C. The van der Waals surface area contributed by atoms with Crippen LogP contribution in [0.15, 0.2) is 24.7 Å². The average Bonchev–Trinajstić information content (AvgIpc) is 2.68. The maximum absolute atomic E-state index is 4.20. The maximum Gasteiger partial charge on any atom is 0.151 e. The lowest BCUT2D eigenvalue weighted by Crippen LogP contribution is -2.22. The third kappa shape index (κ3) is 1.84. The lowest BCUT2D eigenvalue weighted by atomic mass is 10.2. The molecule has 0 aliphatic rings. The van der Waals surface area contributed by atoms with E-state index in [4.69, 9.17) is 0 Å². The van der Waals surface area contributed by atoms with E-state index in [1.165, 1.54) is 0 Å². The molecule has 0 saturated heterocycles. The number of nitrogens with one attached hydrogen (secondary N) is 1. The molecular formula is C9H12N6. The van der Waals surface area contributed by atoms with Gasteiger partial charge in [0, 0.05) is 19.4 Å². The van der Waals surface area contributed by atoms with Crippen LogP contribution >= 0.6 is 0 Å². The van der Waals surface area contributed by atoms with E-state index in [2.05, 4.69) is 25.6 Å². The molecule has 15 heavy (non-hydrogen) atoms. The summed E-state index contributed by atoms with van der Waals surface area (Å²) in [5.74, 6) is 0.713. The highest BCUT2D eigenvalue weighted by Crippen LogP contribution is 2.15. The van der Waals surface area contributed by atoms with Gasteiger partial charge in [-0.3, -0.25) is 4.68 Å². The van der Waals surface area contributed by atoms with Gasteiger partial charge in [-0.1, -0.05) is 5.21 Å². The first kappa shape index (κ1) is 9.72. The predicted molar refractivity (Wildman–Crippen MR) is 53.9 cm³/mol. The minimum Gasteiger partial charge on any atom is -0.305 e. The molecule has 2 aromatic rings. The van der Waals surface area contributed by atoms with Gasteiger partial charge >= 0.3 is 0 Å². The summed E-state index contributed by atoms with van der Waals surface area (Å²) in [5.41, 5.74) is 0.934. The van der Waals surface area contributed by atoms with Crippen LogP contribution in [0.5, 0.6) is 0 Å². The second-order valence-corrected chi connectivity index (χ2v) is 3.11. The van der Waals surface area contributed by atoms with Gasteiger partial charge in [0.2, 0.25) is 0 Å². The first-order valence-electron chi connectivity index (χ1n) is 4.61. The van der Waals surface area contributed by atoms with Crippen LogP contribution in [-0.2, 0) is 7.05 Å². The number of hydrogen-bond donors (Lipinski definition) is 1. The third-order valence-corrected chi connectivity index (χ3v) is 2.18. The van der Waals surface area contributed by atoms with Crippen molar-refractivity contribution in [3.8, 4) is 0 Å².